The molecule has 1 aliphatic rings. The van der Waals surface area contributed by atoms with Crippen molar-refractivity contribution in [3.63, 3.8) is 0 Å². The van der Waals surface area contributed by atoms with Gasteiger partial charge in [0.05, 0.1) is 6.04 Å². The van der Waals surface area contributed by atoms with Crippen LogP contribution in [0.1, 0.15) is 51.9 Å². The smallest absolute Gasteiger partial charge is 0.246 e. The van der Waals surface area contributed by atoms with Gasteiger partial charge in [0.2, 0.25) is 11.8 Å². The van der Waals surface area contributed by atoms with Crippen LogP contribution >= 0.6 is 0 Å². The Morgan fingerprint density at radius 2 is 1.94 bits per heavy atom. The van der Waals surface area contributed by atoms with E-state index in [0.29, 0.717) is 19.4 Å². The van der Waals surface area contributed by atoms with Crippen molar-refractivity contribution in [1.82, 2.24) is 4.90 Å². The van der Waals surface area contributed by atoms with Crippen molar-refractivity contribution in [1.29, 1.82) is 0 Å². The molecule has 4 heteroatoms. The number of rotatable bonds is 6. The van der Waals surface area contributed by atoms with Gasteiger partial charge in [0.25, 0.3) is 0 Å². The number of nitrogens with two attached hydrogens (primary N) is 1. The van der Waals surface area contributed by atoms with Gasteiger partial charge in [0, 0.05) is 13.0 Å². The number of hydrogen-bond acceptors (Lipinski definition) is 3. The molecule has 2 N–H and O–H groups in total. The number of carbonyl (C=O) groups is 2. The molecule has 0 radical (unpaired) electrons. The topological polar surface area (TPSA) is 63.4 Å². The van der Waals surface area contributed by atoms with E-state index in [-0.39, 0.29) is 11.8 Å². The van der Waals surface area contributed by atoms with Gasteiger partial charge >= 0.3 is 0 Å². The molecular weight excluding hydrogens is 204 g/mol. The van der Waals surface area contributed by atoms with E-state index in [1.54, 1.807) is 0 Å². The molecule has 0 saturated carbocycles. The van der Waals surface area contributed by atoms with Crippen LogP contribution < -0.4 is 5.73 Å². The third-order valence-electron chi connectivity index (χ3n) is 3.04. The van der Waals surface area contributed by atoms with Crippen molar-refractivity contribution >= 4 is 11.8 Å². The normalized spacial score (nSPS) is 21.6. The van der Waals surface area contributed by atoms with Crippen LogP contribution in [-0.2, 0) is 9.59 Å². The maximum Gasteiger partial charge on any atom is 0.246 e. The van der Waals surface area contributed by atoms with Crippen LogP contribution in [0.15, 0.2) is 0 Å². The molecule has 0 aromatic heterocycles. The summed E-state index contributed by atoms with van der Waals surface area (Å²) >= 11 is 0. The van der Waals surface area contributed by atoms with E-state index in [0.717, 1.165) is 12.8 Å². The number of amides is 2. The monoisotopic (exact) mass is 226 g/mol. The molecule has 0 spiro atoms. The molecule has 1 aliphatic heterocycles. The molecule has 1 fully saturated rings. The van der Waals surface area contributed by atoms with Gasteiger partial charge in [0.15, 0.2) is 0 Å². The number of nitrogens with zero attached hydrogens (tertiary/aromatic N) is 1. The standard InChI is InChI=1S/C12H22N2O2/c1-2-3-4-5-6-9-14-11(15)8-7-10(13)12(14)16/h10H,2-9,13H2,1H3. The van der Waals surface area contributed by atoms with Crippen molar-refractivity contribution < 1.29 is 9.59 Å². The summed E-state index contributed by atoms with van der Waals surface area (Å²) in [6, 6.07) is -0.464. The average molecular weight is 226 g/mol. The van der Waals surface area contributed by atoms with Crippen LogP contribution in [-0.4, -0.2) is 29.3 Å². The summed E-state index contributed by atoms with van der Waals surface area (Å²) in [5.74, 6) is -0.242. The number of carbonyl (C=O) groups excluding carboxylic acids is 2. The second-order valence-corrected chi connectivity index (χ2v) is 4.44. The lowest BCUT2D eigenvalue weighted by atomic mass is 10.0. The van der Waals surface area contributed by atoms with Crippen LogP contribution in [0.2, 0.25) is 0 Å². The first-order valence-electron chi connectivity index (χ1n) is 6.26. The summed E-state index contributed by atoms with van der Waals surface area (Å²) in [6.07, 6.45) is 6.52. The lowest BCUT2D eigenvalue weighted by Crippen LogP contribution is -2.51. The first kappa shape index (κ1) is 13.2. The van der Waals surface area contributed by atoms with E-state index in [9.17, 15) is 9.59 Å². The highest BCUT2D eigenvalue weighted by molar-refractivity contribution is 6.00. The molecule has 1 heterocycles. The Bertz CT molecular complexity index is 253. The third kappa shape index (κ3) is 3.59. The van der Waals surface area contributed by atoms with E-state index in [2.05, 4.69) is 6.92 Å². The van der Waals surface area contributed by atoms with Crippen molar-refractivity contribution in [2.24, 2.45) is 5.73 Å². The first-order valence-corrected chi connectivity index (χ1v) is 6.26. The lowest BCUT2D eigenvalue weighted by Gasteiger charge is -2.28. The maximum absolute atomic E-state index is 11.6. The zero-order chi connectivity index (χ0) is 12.0. The Labute approximate surface area is 97.2 Å². The number of piperidine rings is 1. The summed E-state index contributed by atoms with van der Waals surface area (Å²) in [7, 11) is 0. The van der Waals surface area contributed by atoms with Crippen LogP contribution in [0.4, 0.5) is 0 Å². The quantitative estimate of drug-likeness (QED) is 0.550. The average Bonchev–Trinajstić information content (AvgIpc) is 2.28. The molecule has 16 heavy (non-hydrogen) atoms. The third-order valence-corrected chi connectivity index (χ3v) is 3.04. The molecule has 4 nitrogen and oxygen atoms in total. The highest BCUT2D eigenvalue weighted by Gasteiger charge is 2.31. The van der Waals surface area contributed by atoms with Gasteiger partial charge in [-0.25, -0.2) is 0 Å². The molecule has 0 aromatic rings. The van der Waals surface area contributed by atoms with E-state index < -0.39 is 6.04 Å². The summed E-state index contributed by atoms with van der Waals surface area (Å²) in [6.45, 7) is 2.71. The summed E-state index contributed by atoms with van der Waals surface area (Å²) in [5.41, 5.74) is 5.64. The van der Waals surface area contributed by atoms with Crippen LogP contribution in [0.3, 0.4) is 0 Å². The van der Waals surface area contributed by atoms with Gasteiger partial charge in [-0.3, -0.25) is 14.5 Å². The lowest BCUT2D eigenvalue weighted by molar-refractivity contribution is -0.149. The first-order chi connectivity index (χ1) is 7.66. The minimum Gasteiger partial charge on any atom is -0.320 e. The van der Waals surface area contributed by atoms with Gasteiger partial charge in [-0.15, -0.1) is 0 Å². The molecule has 0 aliphatic carbocycles. The Balaban J connectivity index is 2.28. The van der Waals surface area contributed by atoms with Gasteiger partial charge in [-0.05, 0) is 12.8 Å². The van der Waals surface area contributed by atoms with Gasteiger partial charge in [-0.2, -0.15) is 0 Å². The minimum absolute atomic E-state index is 0.0535. The molecule has 1 rings (SSSR count). The van der Waals surface area contributed by atoms with Crippen molar-refractivity contribution in [3.8, 4) is 0 Å². The molecule has 1 atom stereocenters. The number of hydrogen-bond donors (Lipinski definition) is 1. The Kier molecular flexibility index (Phi) is 5.46. The number of imide groups is 1. The van der Waals surface area contributed by atoms with Crippen LogP contribution in [0.5, 0.6) is 0 Å². The van der Waals surface area contributed by atoms with Gasteiger partial charge < -0.3 is 5.73 Å². The number of unbranched alkanes of at least 4 members (excludes halogenated alkanes) is 4. The van der Waals surface area contributed by atoms with Crippen molar-refractivity contribution in [3.05, 3.63) is 0 Å². The van der Waals surface area contributed by atoms with Crippen LogP contribution in [0.25, 0.3) is 0 Å². The molecule has 0 aromatic carbocycles. The molecule has 1 unspecified atom stereocenters. The zero-order valence-electron chi connectivity index (χ0n) is 10.1. The summed E-state index contributed by atoms with van der Waals surface area (Å²) in [5, 5.41) is 0. The zero-order valence-corrected chi connectivity index (χ0v) is 10.1. The predicted octanol–water partition coefficient (Wildman–Crippen LogP) is 1.43. The van der Waals surface area contributed by atoms with Gasteiger partial charge in [-0.1, -0.05) is 32.6 Å². The fourth-order valence-electron chi connectivity index (χ4n) is 1.97. The van der Waals surface area contributed by atoms with Crippen molar-refractivity contribution in [2.45, 2.75) is 57.9 Å². The van der Waals surface area contributed by atoms with E-state index in [4.69, 9.17) is 5.73 Å². The summed E-state index contributed by atoms with van der Waals surface area (Å²) < 4.78 is 0. The van der Waals surface area contributed by atoms with E-state index in [1.165, 1.54) is 24.2 Å². The minimum atomic E-state index is -0.464. The second-order valence-electron chi connectivity index (χ2n) is 4.44. The highest BCUT2D eigenvalue weighted by Crippen LogP contribution is 2.13. The number of likely N-dealkylation sites (tertiary alicyclic amines) is 1. The van der Waals surface area contributed by atoms with Crippen molar-refractivity contribution in [2.75, 3.05) is 6.54 Å². The fourth-order valence-corrected chi connectivity index (χ4v) is 1.97. The Morgan fingerprint density at radius 3 is 2.62 bits per heavy atom. The fraction of sp³-hybridized carbons (Fsp3) is 0.833. The molecule has 0 bridgehead atoms. The Hall–Kier alpha value is -0.900. The molecule has 1 saturated heterocycles. The molecule has 92 valence electrons. The second kappa shape index (κ2) is 6.63. The maximum atomic E-state index is 11.6. The van der Waals surface area contributed by atoms with E-state index in [1.807, 2.05) is 0 Å². The summed E-state index contributed by atoms with van der Waals surface area (Å²) in [4.78, 5) is 24.5. The Morgan fingerprint density at radius 1 is 1.25 bits per heavy atom. The largest absolute Gasteiger partial charge is 0.320 e. The highest BCUT2D eigenvalue weighted by atomic mass is 16.2. The molecule has 2 amide bonds. The van der Waals surface area contributed by atoms with E-state index >= 15 is 0 Å². The molecular formula is C12H22N2O2. The predicted molar refractivity (Wildman–Crippen MR) is 62.7 cm³/mol. The van der Waals surface area contributed by atoms with Crippen LogP contribution in [0, 0.1) is 0 Å². The van der Waals surface area contributed by atoms with Gasteiger partial charge in [0.1, 0.15) is 0 Å². The SMILES string of the molecule is CCCCCCCN1C(=O)CCC(N)C1=O.